The third-order valence-corrected chi connectivity index (χ3v) is 3.12. The van der Waals surface area contributed by atoms with Crippen LogP contribution in [0, 0.1) is 0 Å². The van der Waals surface area contributed by atoms with Crippen molar-refractivity contribution in [1.82, 2.24) is 10.6 Å². The van der Waals surface area contributed by atoms with Crippen LogP contribution in [-0.2, 0) is 19.1 Å². The quantitative estimate of drug-likeness (QED) is 0.438. The molecule has 0 saturated carbocycles. The van der Waals surface area contributed by atoms with E-state index in [9.17, 15) is 14.4 Å². The maximum absolute atomic E-state index is 12.2. The van der Waals surface area contributed by atoms with Crippen molar-refractivity contribution in [3.63, 3.8) is 0 Å². The van der Waals surface area contributed by atoms with Gasteiger partial charge in [0.1, 0.15) is 0 Å². The van der Waals surface area contributed by atoms with Gasteiger partial charge < -0.3 is 20.5 Å². The summed E-state index contributed by atoms with van der Waals surface area (Å²) in [6.07, 6.45) is 1.41. The van der Waals surface area contributed by atoms with Gasteiger partial charge in [0.2, 0.25) is 11.8 Å². The summed E-state index contributed by atoms with van der Waals surface area (Å²) >= 11 is 0. The molecule has 130 valence electrons. The van der Waals surface area contributed by atoms with E-state index in [1.807, 2.05) is 6.07 Å². The summed E-state index contributed by atoms with van der Waals surface area (Å²) < 4.78 is 5.08. The molecule has 0 aliphatic carbocycles. The highest BCUT2D eigenvalue weighted by Crippen LogP contribution is 2.16. The van der Waals surface area contributed by atoms with E-state index in [2.05, 4.69) is 17.2 Å². The van der Waals surface area contributed by atoms with Crippen molar-refractivity contribution in [2.75, 3.05) is 13.2 Å². The fourth-order valence-corrected chi connectivity index (χ4v) is 2.07. The monoisotopic (exact) mass is 334 g/mol. The topological polar surface area (TPSA) is 105 Å². The molecular formula is C17H22N2O5. The standard InChI is InChI=1S/C17H22N2O5/c1-3-9-24-11-15(17(22)23)19-16(21)10-14(18-12(2)20)13-7-5-4-6-8-13/h3-8,14-15H,1,9-11H2,2H3,(H,18,20)(H,19,21)(H,22,23). The molecule has 0 heterocycles. The molecule has 1 rings (SSSR count). The summed E-state index contributed by atoms with van der Waals surface area (Å²) in [4.78, 5) is 34.7. The fourth-order valence-electron chi connectivity index (χ4n) is 2.07. The second-order valence-electron chi connectivity index (χ2n) is 5.15. The number of aliphatic carboxylic acids is 1. The van der Waals surface area contributed by atoms with Gasteiger partial charge in [0.25, 0.3) is 0 Å². The van der Waals surface area contributed by atoms with Gasteiger partial charge in [-0.15, -0.1) is 6.58 Å². The van der Waals surface area contributed by atoms with E-state index in [1.54, 1.807) is 24.3 Å². The largest absolute Gasteiger partial charge is 0.480 e. The van der Waals surface area contributed by atoms with Crippen LogP contribution in [0.15, 0.2) is 43.0 Å². The summed E-state index contributed by atoms with van der Waals surface area (Å²) in [6.45, 7) is 4.85. The maximum Gasteiger partial charge on any atom is 0.328 e. The first-order valence-electron chi connectivity index (χ1n) is 7.47. The lowest BCUT2D eigenvalue weighted by Crippen LogP contribution is -2.45. The van der Waals surface area contributed by atoms with Crippen molar-refractivity contribution in [2.24, 2.45) is 0 Å². The highest BCUT2D eigenvalue weighted by atomic mass is 16.5. The normalized spacial score (nSPS) is 12.7. The van der Waals surface area contributed by atoms with Crippen LogP contribution in [-0.4, -0.2) is 42.1 Å². The minimum atomic E-state index is -1.19. The number of carboxylic acid groups (broad SMARTS) is 1. The number of nitrogens with one attached hydrogen (secondary N) is 2. The van der Waals surface area contributed by atoms with Gasteiger partial charge in [0.15, 0.2) is 6.04 Å². The molecule has 0 spiro atoms. The summed E-state index contributed by atoms with van der Waals surface area (Å²) in [5.41, 5.74) is 0.762. The predicted molar refractivity (Wildman–Crippen MR) is 88.2 cm³/mol. The van der Waals surface area contributed by atoms with Crippen LogP contribution in [0.1, 0.15) is 24.9 Å². The molecule has 0 aliphatic rings. The first-order chi connectivity index (χ1) is 11.4. The van der Waals surface area contributed by atoms with Gasteiger partial charge in [-0.25, -0.2) is 4.79 Å². The average Bonchev–Trinajstić information content (AvgIpc) is 2.53. The van der Waals surface area contributed by atoms with Crippen LogP contribution in [0.2, 0.25) is 0 Å². The Balaban J connectivity index is 2.70. The highest BCUT2D eigenvalue weighted by Gasteiger charge is 2.23. The van der Waals surface area contributed by atoms with E-state index in [0.717, 1.165) is 5.56 Å². The van der Waals surface area contributed by atoms with Gasteiger partial charge in [-0.3, -0.25) is 9.59 Å². The lowest BCUT2D eigenvalue weighted by molar-refractivity contribution is -0.143. The van der Waals surface area contributed by atoms with Crippen molar-refractivity contribution in [2.45, 2.75) is 25.4 Å². The minimum Gasteiger partial charge on any atom is -0.480 e. The molecule has 1 aromatic carbocycles. The molecule has 2 amide bonds. The molecule has 0 saturated heterocycles. The zero-order chi connectivity index (χ0) is 17.9. The number of benzene rings is 1. The number of hydrogen-bond donors (Lipinski definition) is 3. The molecule has 24 heavy (non-hydrogen) atoms. The second kappa shape index (κ2) is 10.2. The highest BCUT2D eigenvalue weighted by molar-refractivity contribution is 5.84. The zero-order valence-electron chi connectivity index (χ0n) is 13.5. The van der Waals surface area contributed by atoms with Crippen LogP contribution in [0.5, 0.6) is 0 Å². The van der Waals surface area contributed by atoms with Crippen LogP contribution in [0.4, 0.5) is 0 Å². The Morgan fingerprint density at radius 2 is 1.92 bits per heavy atom. The molecule has 0 aromatic heterocycles. The van der Waals surface area contributed by atoms with Crippen molar-refractivity contribution in [3.8, 4) is 0 Å². The van der Waals surface area contributed by atoms with E-state index < -0.39 is 24.0 Å². The third-order valence-electron chi connectivity index (χ3n) is 3.12. The van der Waals surface area contributed by atoms with Gasteiger partial charge in [-0.2, -0.15) is 0 Å². The number of carbonyl (C=O) groups excluding carboxylic acids is 2. The number of amides is 2. The maximum atomic E-state index is 12.2. The Hall–Kier alpha value is -2.67. The van der Waals surface area contributed by atoms with Crippen LogP contribution in [0.3, 0.4) is 0 Å². The number of hydrogen-bond acceptors (Lipinski definition) is 4. The molecule has 2 atom stereocenters. The Morgan fingerprint density at radius 3 is 2.46 bits per heavy atom. The van der Waals surface area contributed by atoms with Crippen LogP contribution in [0.25, 0.3) is 0 Å². The Kier molecular flexibility index (Phi) is 8.21. The number of ether oxygens (including phenoxy) is 1. The molecule has 0 bridgehead atoms. The molecule has 7 heteroatoms. The van der Waals surface area contributed by atoms with E-state index in [1.165, 1.54) is 13.0 Å². The van der Waals surface area contributed by atoms with Gasteiger partial charge in [-0.05, 0) is 5.56 Å². The van der Waals surface area contributed by atoms with Crippen LogP contribution < -0.4 is 10.6 Å². The SMILES string of the molecule is C=CCOCC(NC(=O)CC(NC(C)=O)c1ccccc1)C(=O)O. The predicted octanol–water partition coefficient (Wildman–Crippen LogP) is 1.03. The number of carboxylic acids is 1. The first kappa shape index (κ1) is 19.4. The average molecular weight is 334 g/mol. The van der Waals surface area contributed by atoms with E-state index in [-0.39, 0.29) is 25.5 Å². The van der Waals surface area contributed by atoms with E-state index in [4.69, 9.17) is 9.84 Å². The number of carbonyl (C=O) groups is 3. The molecule has 7 nitrogen and oxygen atoms in total. The summed E-state index contributed by atoms with van der Waals surface area (Å²) in [7, 11) is 0. The fraction of sp³-hybridized carbons (Fsp3) is 0.353. The molecule has 3 N–H and O–H groups in total. The summed E-state index contributed by atoms with van der Waals surface area (Å²) in [6, 6.07) is 7.30. The van der Waals surface area contributed by atoms with Gasteiger partial charge in [-0.1, -0.05) is 36.4 Å². The molecular weight excluding hydrogens is 312 g/mol. The lowest BCUT2D eigenvalue weighted by Gasteiger charge is -2.20. The van der Waals surface area contributed by atoms with Crippen LogP contribution >= 0.6 is 0 Å². The van der Waals surface area contributed by atoms with E-state index >= 15 is 0 Å². The molecule has 0 aliphatic heterocycles. The third kappa shape index (κ3) is 7.06. The van der Waals surface area contributed by atoms with Crippen molar-refractivity contribution >= 4 is 17.8 Å². The summed E-state index contributed by atoms with van der Waals surface area (Å²) in [5, 5.41) is 14.2. The molecule has 0 fully saturated rings. The van der Waals surface area contributed by atoms with Crippen molar-refractivity contribution in [1.29, 1.82) is 0 Å². The smallest absolute Gasteiger partial charge is 0.328 e. The summed E-state index contributed by atoms with van der Waals surface area (Å²) in [5.74, 6) is -1.96. The molecule has 1 aromatic rings. The molecule has 0 radical (unpaired) electrons. The molecule has 2 unspecified atom stereocenters. The van der Waals surface area contributed by atoms with Gasteiger partial charge in [0.05, 0.1) is 25.7 Å². The Bertz CT molecular complexity index is 574. The first-order valence-corrected chi connectivity index (χ1v) is 7.47. The van der Waals surface area contributed by atoms with Gasteiger partial charge >= 0.3 is 5.97 Å². The van der Waals surface area contributed by atoms with Crippen molar-refractivity contribution < 1.29 is 24.2 Å². The lowest BCUT2D eigenvalue weighted by atomic mass is 10.0. The van der Waals surface area contributed by atoms with E-state index in [0.29, 0.717) is 0 Å². The Morgan fingerprint density at radius 1 is 1.25 bits per heavy atom. The second-order valence-corrected chi connectivity index (χ2v) is 5.15. The number of rotatable bonds is 10. The zero-order valence-corrected chi connectivity index (χ0v) is 13.5. The van der Waals surface area contributed by atoms with Gasteiger partial charge in [0, 0.05) is 6.92 Å². The minimum absolute atomic E-state index is 0.0746. The van der Waals surface area contributed by atoms with Crippen molar-refractivity contribution in [3.05, 3.63) is 48.6 Å². The Labute approximate surface area is 140 Å².